The summed E-state index contributed by atoms with van der Waals surface area (Å²) in [7, 11) is 0. The van der Waals surface area contributed by atoms with Crippen molar-refractivity contribution in [2.24, 2.45) is 0 Å². The van der Waals surface area contributed by atoms with Gasteiger partial charge in [0.1, 0.15) is 0 Å². The quantitative estimate of drug-likeness (QED) is 0.843. The monoisotopic (exact) mass is 340 g/mol. The molecule has 0 radical (unpaired) electrons. The number of carbonyl (C=O) groups is 1. The van der Waals surface area contributed by atoms with Crippen LogP contribution in [0.5, 0.6) is 0 Å². The number of benzene rings is 1. The summed E-state index contributed by atoms with van der Waals surface area (Å²) in [6.45, 7) is 3.79. The molecule has 1 aromatic carbocycles. The molecule has 6 heteroatoms. The highest BCUT2D eigenvalue weighted by molar-refractivity contribution is 5.76. The fourth-order valence-electron chi connectivity index (χ4n) is 3.70. The Morgan fingerprint density at radius 3 is 2.50 bits per heavy atom. The highest BCUT2D eigenvalue weighted by atomic mass is 19.4. The normalized spacial score (nSPS) is 22.3. The van der Waals surface area contributed by atoms with Gasteiger partial charge in [-0.15, -0.1) is 0 Å². The van der Waals surface area contributed by atoms with Crippen molar-refractivity contribution in [3.63, 3.8) is 0 Å². The molecule has 0 unspecified atom stereocenters. The second-order valence-electron chi connectivity index (χ2n) is 6.72. The first-order valence-corrected chi connectivity index (χ1v) is 8.61. The minimum atomic E-state index is -4.31. The lowest BCUT2D eigenvalue weighted by Gasteiger charge is -2.25. The minimum Gasteiger partial charge on any atom is -0.341 e. The van der Waals surface area contributed by atoms with E-state index in [0.29, 0.717) is 18.9 Å². The molecule has 0 bridgehead atoms. The number of hydrogen-bond donors (Lipinski definition) is 0. The van der Waals surface area contributed by atoms with Crippen LogP contribution in [0.3, 0.4) is 0 Å². The van der Waals surface area contributed by atoms with E-state index in [0.717, 1.165) is 56.7 Å². The number of rotatable bonds is 3. The van der Waals surface area contributed by atoms with Gasteiger partial charge < -0.3 is 4.90 Å². The lowest BCUT2D eigenvalue weighted by molar-refractivity contribution is -0.137. The van der Waals surface area contributed by atoms with E-state index in [2.05, 4.69) is 4.90 Å². The second kappa shape index (κ2) is 7.13. The molecule has 2 heterocycles. The number of nitrogens with zero attached hydrogens (tertiary/aromatic N) is 2. The van der Waals surface area contributed by atoms with E-state index in [-0.39, 0.29) is 5.91 Å². The summed E-state index contributed by atoms with van der Waals surface area (Å²) in [5.74, 6) is 0.114. The Kier molecular flexibility index (Phi) is 5.13. The molecule has 0 aromatic heterocycles. The Labute approximate surface area is 140 Å². The highest BCUT2D eigenvalue weighted by Crippen LogP contribution is 2.29. The van der Waals surface area contributed by atoms with Crippen LogP contribution in [0.15, 0.2) is 24.3 Å². The molecule has 0 N–H and O–H groups in total. The smallest absolute Gasteiger partial charge is 0.341 e. The van der Waals surface area contributed by atoms with Crippen LogP contribution >= 0.6 is 0 Å². The third-order valence-electron chi connectivity index (χ3n) is 5.07. The van der Waals surface area contributed by atoms with Crippen LogP contribution in [0.2, 0.25) is 0 Å². The van der Waals surface area contributed by atoms with Gasteiger partial charge in [0.2, 0.25) is 5.91 Å². The van der Waals surface area contributed by atoms with E-state index >= 15 is 0 Å². The van der Waals surface area contributed by atoms with Gasteiger partial charge in [-0.25, -0.2) is 0 Å². The predicted octanol–water partition coefficient (Wildman–Crippen LogP) is 3.33. The number of carbonyl (C=O) groups excluding carboxylic acids is 1. The maximum atomic E-state index is 12.6. The van der Waals surface area contributed by atoms with Crippen LogP contribution in [-0.4, -0.2) is 47.9 Å². The van der Waals surface area contributed by atoms with Crippen LogP contribution < -0.4 is 0 Å². The van der Waals surface area contributed by atoms with Crippen molar-refractivity contribution in [2.45, 2.75) is 44.3 Å². The van der Waals surface area contributed by atoms with E-state index in [9.17, 15) is 18.0 Å². The molecule has 2 fully saturated rings. The Morgan fingerprint density at radius 1 is 1.08 bits per heavy atom. The van der Waals surface area contributed by atoms with Crippen molar-refractivity contribution in [3.8, 4) is 0 Å². The Hall–Kier alpha value is -1.56. The zero-order valence-corrected chi connectivity index (χ0v) is 13.7. The molecular weight excluding hydrogens is 317 g/mol. The summed E-state index contributed by atoms with van der Waals surface area (Å²) in [5.41, 5.74) is 0.125. The van der Waals surface area contributed by atoms with Gasteiger partial charge in [0.25, 0.3) is 0 Å². The molecule has 2 aliphatic rings. The van der Waals surface area contributed by atoms with E-state index in [1.165, 1.54) is 18.6 Å². The van der Waals surface area contributed by atoms with Gasteiger partial charge in [-0.3, -0.25) is 9.69 Å². The first kappa shape index (κ1) is 17.3. The number of aryl methyl sites for hydroxylation is 1. The minimum absolute atomic E-state index is 0.114. The van der Waals surface area contributed by atoms with Crippen LogP contribution in [0.1, 0.15) is 36.8 Å². The van der Waals surface area contributed by atoms with E-state index < -0.39 is 11.7 Å². The Bertz CT molecular complexity index is 571. The maximum absolute atomic E-state index is 12.6. The molecule has 1 amide bonds. The molecule has 24 heavy (non-hydrogen) atoms. The SMILES string of the molecule is O=C(CCc1ccc(C(F)(F)F)cc1)N1CCCN2CCC[C@H]2C1. The summed E-state index contributed by atoms with van der Waals surface area (Å²) < 4.78 is 37.7. The fourth-order valence-corrected chi connectivity index (χ4v) is 3.70. The fraction of sp³-hybridized carbons (Fsp3) is 0.611. The average molecular weight is 340 g/mol. The Morgan fingerprint density at radius 2 is 1.79 bits per heavy atom. The van der Waals surface area contributed by atoms with Crippen LogP contribution in [0.25, 0.3) is 0 Å². The van der Waals surface area contributed by atoms with Gasteiger partial charge >= 0.3 is 6.18 Å². The van der Waals surface area contributed by atoms with Gasteiger partial charge in [-0.1, -0.05) is 12.1 Å². The molecule has 1 atom stereocenters. The Balaban J connectivity index is 1.53. The van der Waals surface area contributed by atoms with Crippen molar-refractivity contribution in [2.75, 3.05) is 26.2 Å². The van der Waals surface area contributed by atoms with Gasteiger partial charge in [0.15, 0.2) is 0 Å². The zero-order chi connectivity index (χ0) is 17.2. The third-order valence-corrected chi connectivity index (χ3v) is 5.07. The van der Waals surface area contributed by atoms with Crippen molar-refractivity contribution in [1.29, 1.82) is 0 Å². The maximum Gasteiger partial charge on any atom is 0.416 e. The number of amides is 1. The van der Waals surface area contributed by atoms with Gasteiger partial charge in [-0.2, -0.15) is 13.2 Å². The first-order valence-electron chi connectivity index (χ1n) is 8.61. The summed E-state index contributed by atoms with van der Waals surface area (Å²) in [5, 5.41) is 0. The van der Waals surface area contributed by atoms with E-state index in [4.69, 9.17) is 0 Å². The van der Waals surface area contributed by atoms with E-state index in [1.807, 2.05) is 4.90 Å². The highest BCUT2D eigenvalue weighted by Gasteiger charge is 2.31. The summed E-state index contributed by atoms with van der Waals surface area (Å²) in [4.78, 5) is 16.9. The van der Waals surface area contributed by atoms with Crippen molar-refractivity contribution in [1.82, 2.24) is 9.80 Å². The molecule has 3 rings (SSSR count). The lowest BCUT2D eigenvalue weighted by atomic mass is 10.1. The van der Waals surface area contributed by atoms with Crippen LogP contribution in [0.4, 0.5) is 13.2 Å². The molecule has 1 aromatic rings. The number of alkyl halides is 3. The molecule has 0 aliphatic carbocycles. The molecule has 3 nitrogen and oxygen atoms in total. The van der Waals surface area contributed by atoms with E-state index in [1.54, 1.807) is 0 Å². The topological polar surface area (TPSA) is 23.6 Å². The van der Waals surface area contributed by atoms with Gasteiger partial charge in [0, 0.05) is 32.1 Å². The molecule has 2 saturated heterocycles. The van der Waals surface area contributed by atoms with Crippen molar-refractivity contribution in [3.05, 3.63) is 35.4 Å². The third kappa shape index (κ3) is 4.09. The molecule has 0 spiro atoms. The lowest BCUT2D eigenvalue weighted by Crippen LogP contribution is -2.39. The second-order valence-corrected chi connectivity index (χ2v) is 6.72. The predicted molar refractivity (Wildman–Crippen MR) is 85.6 cm³/mol. The average Bonchev–Trinajstić information content (AvgIpc) is 2.89. The van der Waals surface area contributed by atoms with Crippen LogP contribution in [0, 0.1) is 0 Å². The van der Waals surface area contributed by atoms with Crippen LogP contribution in [-0.2, 0) is 17.4 Å². The number of fused-ring (bicyclic) bond motifs is 1. The summed E-state index contributed by atoms with van der Waals surface area (Å²) >= 11 is 0. The number of hydrogen-bond acceptors (Lipinski definition) is 2. The summed E-state index contributed by atoms with van der Waals surface area (Å²) in [6.07, 6.45) is -0.100. The standard InChI is InChI=1S/C18H23F3N2O/c19-18(20,21)15-7-4-14(5-8-15)6-9-17(24)23-12-2-11-22-10-1-3-16(22)13-23/h4-5,7-8,16H,1-3,6,9-13H2/t16-/m0/s1. The van der Waals surface area contributed by atoms with Gasteiger partial charge in [-0.05, 0) is 49.9 Å². The summed E-state index contributed by atoms with van der Waals surface area (Å²) in [6, 6.07) is 5.60. The zero-order valence-electron chi connectivity index (χ0n) is 13.7. The largest absolute Gasteiger partial charge is 0.416 e. The molecular formula is C18H23F3N2O. The molecule has 132 valence electrons. The molecule has 2 aliphatic heterocycles. The molecule has 0 saturated carbocycles. The van der Waals surface area contributed by atoms with Gasteiger partial charge in [0.05, 0.1) is 5.56 Å². The van der Waals surface area contributed by atoms with Crippen molar-refractivity contribution >= 4 is 5.91 Å². The number of halogens is 3. The van der Waals surface area contributed by atoms with Crippen molar-refractivity contribution < 1.29 is 18.0 Å². The first-order chi connectivity index (χ1) is 11.4.